The summed E-state index contributed by atoms with van der Waals surface area (Å²) >= 11 is 0. The van der Waals surface area contributed by atoms with Gasteiger partial charge in [0.2, 0.25) is 6.79 Å². The van der Waals surface area contributed by atoms with E-state index in [9.17, 15) is 0 Å². The van der Waals surface area contributed by atoms with Crippen molar-refractivity contribution in [1.82, 2.24) is 0 Å². The monoisotopic (exact) mass is 204 g/mol. The molecule has 0 N–H and O–H groups in total. The van der Waals surface area contributed by atoms with Gasteiger partial charge in [-0.15, -0.1) is 0 Å². The maximum atomic E-state index is 5.41. The second-order valence-corrected chi connectivity index (χ2v) is 4.45. The maximum Gasteiger partial charge on any atom is 0.231 e. The van der Waals surface area contributed by atoms with Gasteiger partial charge in [-0.05, 0) is 36.5 Å². The number of fused-ring (bicyclic) bond motifs is 1. The predicted octanol–water partition coefficient (Wildman–Crippen LogP) is 3.46. The molecule has 1 aromatic carbocycles. The van der Waals surface area contributed by atoms with E-state index in [0.29, 0.717) is 6.79 Å². The summed E-state index contributed by atoms with van der Waals surface area (Å²) in [5, 5.41) is 0. The fraction of sp³-hybridized carbons (Fsp3) is 0.538. The summed E-state index contributed by atoms with van der Waals surface area (Å²) in [5.41, 5.74) is 1.43. The third kappa shape index (κ3) is 1.69. The van der Waals surface area contributed by atoms with E-state index in [4.69, 9.17) is 9.47 Å². The Balaban J connectivity index is 1.85. The summed E-state index contributed by atoms with van der Waals surface area (Å²) < 4.78 is 10.7. The molecule has 0 bridgehead atoms. The number of hydrogen-bond acceptors (Lipinski definition) is 2. The van der Waals surface area contributed by atoms with E-state index >= 15 is 0 Å². The van der Waals surface area contributed by atoms with Gasteiger partial charge in [0.25, 0.3) is 0 Å². The highest BCUT2D eigenvalue weighted by molar-refractivity contribution is 5.45. The minimum absolute atomic E-state index is 0.378. The van der Waals surface area contributed by atoms with Crippen LogP contribution in [0.5, 0.6) is 11.5 Å². The second kappa shape index (κ2) is 3.76. The third-order valence-electron chi connectivity index (χ3n) is 3.47. The van der Waals surface area contributed by atoms with Gasteiger partial charge >= 0.3 is 0 Å². The van der Waals surface area contributed by atoms with Gasteiger partial charge in [-0.2, -0.15) is 0 Å². The molecule has 0 amide bonds. The van der Waals surface area contributed by atoms with Gasteiger partial charge < -0.3 is 9.47 Å². The number of benzene rings is 1. The minimum Gasteiger partial charge on any atom is -0.454 e. The molecular formula is C13H16O2. The topological polar surface area (TPSA) is 18.5 Å². The van der Waals surface area contributed by atoms with Gasteiger partial charge in [-0.1, -0.05) is 25.3 Å². The molecule has 0 unspecified atom stereocenters. The van der Waals surface area contributed by atoms with Crippen LogP contribution in [-0.2, 0) is 0 Å². The van der Waals surface area contributed by atoms with Crippen LogP contribution in [0.4, 0.5) is 0 Å². The van der Waals surface area contributed by atoms with Gasteiger partial charge in [0.1, 0.15) is 0 Å². The van der Waals surface area contributed by atoms with Gasteiger partial charge in [0, 0.05) is 0 Å². The normalized spacial score (nSPS) is 20.5. The Labute approximate surface area is 90.2 Å². The summed E-state index contributed by atoms with van der Waals surface area (Å²) in [4.78, 5) is 0. The number of ether oxygens (including phenoxy) is 2. The summed E-state index contributed by atoms with van der Waals surface area (Å²) in [7, 11) is 0. The van der Waals surface area contributed by atoms with Crippen LogP contribution in [0.1, 0.15) is 43.6 Å². The van der Waals surface area contributed by atoms with E-state index in [1.54, 1.807) is 0 Å². The molecule has 0 atom stereocenters. The van der Waals surface area contributed by atoms with Crippen LogP contribution in [-0.4, -0.2) is 6.79 Å². The van der Waals surface area contributed by atoms with Crippen molar-refractivity contribution in [1.29, 1.82) is 0 Å². The lowest BCUT2D eigenvalue weighted by Gasteiger charge is -2.21. The van der Waals surface area contributed by atoms with Crippen molar-refractivity contribution in [3.05, 3.63) is 23.8 Å². The predicted molar refractivity (Wildman–Crippen MR) is 58.4 cm³/mol. The molecular weight excluding hydrogens is 188 g/mol. The van der Waals surface area contributed by atoms with Gasteiger partial charge in [0.15, 0.2) is 11.5 Å². The van der Waals surface area contributed by atoms with E-state index in [0.717, 1.165) is 17.4 Å². The average Bonchev–Trinajstić information content (AvgIpc) is 2.77. The van der Waals surface area contributed by atoms with Crippen LogP contribution < -0.4 is 9.47 Å². The lowest BCUT2D eigenvalue weighted by atomic mass is 9.84. The molecule has 0 spiro atoms. The molecule has 1 aromatic rings. The van der Waals surface area contributed by atoms with Crippen molar-refractivity contribution in [3.8, 4) is 11.5 Å². The Kier molecular flexibility index (Phi) is 2.28. The van der Waals surface area contributed by atoms with Crippen LogP contribution >= 0.6 is 0 Å². The molecule has 15 heavy (non-hydrogen) atoms. The zero-order chi connectivity index (χ0) is 10.1. The summed E-state index contributed by atoms with van der Waals surface area (Å²) in [6.45, 7) is 0.378. The first-order valence-electron chi connectivity index (χ1n) is 5.83. The van der Waals surface area contributed by atoms with E-state index < -0.39 is 0 Å². The Hall–Kier alpha value is -1.18. The highest BCUT2D eigenvalue weighted by atomic mass is 16.7. The first-order valence-corrected chi connectivity index (χ1v) is 5.83. The summed E-state index contributed by atoms with van der Waals surface area (Å²) in [5.74, 6) is 2.57. The molecule has 80 valence electrons. The van der Waals surface area contributed by atoms with Gasteiger partial charge in [-0.25, -0.2) is 0 Å². The Morgan fingerprint density at radius 1 is 0.933 bits per heavy atom. The van der Waals surface area contributed by atoms with Crippen LogP contribution in [0.3, 0.4) is 0 Å². The molecule has 0 aromatic heterocycles. The second-order valence-electron chi connectivity index (χ2n) is 4.45. The zero-order valence-electron chi connectivity index (χ0n) is 8.87. The van der Waals surface area contributed by atoms with E-state index in [2.05, 4.69) is 12.1 Å². The fourth-order valence-electron chi connectivity index (χ4n) is 2.60. The molecule has 3 rings (SSSR count). The standard InChI is InChI=1S/C13H16O2/c1-2-4-10(5-3-1)11-6-7-12-13(8-11)15-9-14-12/h6-8,10H,1-5,9H2. The van der Waals surface area contributed by atoms with Crippen LogP contribution in [0.15, 0.2) is 18.2 Å². The van der Waals surface area contributed by atoms with Crippen molar-refractivity contribution in [2.75, 3.05) is 6.79 Å². The smallest absolute Gasteiger partial charge is 0.231 e. The average molecular weight is 204 g/mol. The van der Waals surface area contributed by atoms with Crippen molar-refractivity contribution >= 4 is 0 Å². The van der Waals surface area contributed by atoms with Crippen molar-refractivity contribution in [2.24, 2.45) is 0 Å². The largest absolute Gasteiger partial charge is 0.454 e. The summed E-state index contributed by atoms with van der Waals surface area (Å²) in [6, 6.07) is 6.41. The SMILES string of the molecule is c1cc2c(cc1C1CCCCC1)OCO2. The molecule has 1 saturated carbocycles. The van der Waals surface area contributed by atoms with Crippen LogP contribution in [0, 0.1) is 0 Å². The first-order chi connectivity index (χ1) is 7.43. The van der Waals surface area contributed by atoms with Crippen LogP contribution in [0.2, 0.25) is 0 Å². The first kappa shape index (κ1) is 9.08. The molecule has 2 heteroatoms. The minimum atomic E-state index is 0.378. The van der Waals surface area contributed by atoms with E-state index in [1.807, 2.05) is 6.07 Å². The van der Waals surface area contributed by atoms with Crippen molar-refractivity contribution < 1.29 is 9.47 Å². The fourth-order valence-corrected chi connectivity index (χ4v) is 2.60. The van der Waals surface area contributed by atoms with E-state index in [-0.39, 0.29) is 0 Å². The molecule has 0 saturated heterocycles. The maximum absolute atomic E-state index is 5.41. The molecule has 1 fully saturated rings. The molecule has 1 heterocycles. The molecule has 1 aliphatic heterocycles. The quantitative estimate of drug-likeness (QED) is 0.697. The molecule has 1 aliphatic carbocycles. The lowest BCUT2D eigenvalue weighted by molar-refractivity contribution is 0.174. The van der Waals surface area contributed by atoms with Gasteiger partial charge in [-0.3, -0.25) is 0 Å². The van der Waals surface area contributed by atoms with Crippen LogP contribution in [0.25, 0.3) is 0 Å². The molecule has 0 radical (unpaired) electrons. The molecule has 2 aliphatic rings. The molecule has 2 nitrogen and oxygen atoms in total. The highest BCUT2D eigenvalue weighted by Gasteiger charge is 2.19. The highest BCUT2D eigenvalue weighted by Crippen LogP contribution is 2.38. The number of hydrogen-bond donors (Lipinski definition) is 0. The zero-order valence-corrected chi connectivity index (χ0v) is 8.87. The Morgan fingerprint density at radius 3 is 2.60 bits per heavy atom. The van der Waals surface area contributed by atoms with Gasteiger partial charge in [0.05, 0.1) is 0 Å². The van der Waals surface area contributed by atoms with Crippen molar-refractivity contribution in [2.45, 2.75) is 38.0 Å². The Bertz CT molecular complexity index is 354. The summed E-state index contributed by atoms with van der Waals surface area (Å²) in [6.07, 6.45) is 6.82. The lowest BCUT2D eigenvalue weighted by Crippen LogP contribution is -2.04. The Morgan fingerprint density at radius 2 is 1.73 bits per heavy atom. The van der Waals surface area contributed by atoms with E-state index in [1.165, 1.54) is 37.7 Å². The third-order valence-corrected chi connectivity index (χ3v) is 3.47. The number of rotatable bonds is 1. The van der Waals surface area contributed by atoms with Crippen molar-refractivity contribution in [3.63, 3.8) is 0 Å².